The quantitative estimate of drug-likeness (QED) is 0.783. The van der Waals surface area contributed by atoms with Gasteiger partial charge in [-0.15, -0.1) is 12.4 Å². The van der Waals surface area contributed by atoms with Crippen LogP contribution in [0.2, 0.25) is 0 Å². The molecule has 1 aliphatic rings. The number of urea groups is 1. The maximum absolute atomic E-state index is 12.4. The Labute approximate surface area is 143 Å². The highest BCUT2D eigenvalue weighted by Gasteiger charge is 2.26. The number of carbonyl (C=O) groups excluding carboxylic acids is 2. The first kappa shape index (κ1) is 19.3. The van der Waals surface area contributed by atoms with Gasteiger partial charge in [0, 0.05) is 18.8 Å². The van der Waals surface area contributed by atoms with Gasteiger partial charge in [0.25, 0.3) is 0 Å². The number of para-hydroxylation sites is 1. The van der Waals surface area contributed by atoms with Gasteiger partial charge in [0.1, 0.15) is 6.04 Å². The van der Waals surface area contributed by atoms with E-state index in [0.717, 1.165) is 25.9 Å². The molecule has 0 aromatic heterocycles. The highest BCUT2D eigenvalue weighted by molar-refractivity contribution is 5.93. The van der Waals surface area contributed by atoms with Crippen LogP contribution in [0.5, 0.6) is 0 Å². The monoisotopic (exact) mass is 340 g/mol. The number of hydrogen-bond donors (Lipinski definition) is 3. The maximum Gasteiger partial charge on any atom is 0.319 e. The van der Waals surface area contributed by atoms with E-state index in [-0.39, 0.29) is 30.4 Å². The van der Waals surface area contributed by atoms with Crippen molar-refractivity contribution in [1.29, 1.82) is 0 Å². The van der Waals surface area contributed by atoms with E-state index in [1.165, 1.54) is 0 Å². The van der Waals surface area contributed by atoms with Crippen LogP contribution in [0.3, 0.4) is 0 Å². The number of carbonyl (C=O) groups is 2. The van der Waals surface area contributed by atoms with Crippen molar-refractivity contribution in [3.05, 3.63) is 30.3 Å². The van der Waals surface area contributed by atoms with Crippen molar-refractivity contribution in [2.24, 2.45) is 0 Å². The number of benzene rings is 1. The third kappa shape index (κ3) is 5.73. The second kappa shape index (κ2) is 9.37. The van der Waals surface area contributed by atoms with Gasteiger partial charge in [-0.1, -0.05) is 18.2 Å². The first-order chi connectivity index (χ1) is 10.6. The molecule has 1 aliphatic heterocycles. The number of nitrogens with one attached hydrogen (secondary N) is 3. The lowest BCUT2D eigenvalue weighted by Crippen LogP contribution is -2.51. The summed E-state index contributed by atoms with van der Waals surface area (Å²) in [5.41, 5.74) is 0.700. The average molecular weight is 341 g/mol. The molecule has 1 aromatic carbocycles. The SMILES string of the molecule is CC(NC(=O)Nc1ccccc1)C(=O)N(C)C1CCNCC1.Cl. The van der Waals surface area contributed by atoms with Crippen LogP contribution in [0.25, 0.3) is 0 Å². The minimum absolute atomic E-state index is 0. The van der Waals surface area contributed by atoms with Gasteiger partial charge in [-0.2, -0.15) is 0 Å². The van der Waals surface area contributed by atoms with Crippen molar-refractivity contribution in [1.82, 2.24) is 15.5 Å². The number of piperidine rings is 1. The Morgan fingerprint density at radius 1 is 1.22 bits per heavy atom. The Kier molecular flexibility index (Phi) is 7.85. The lowest BCUT2D eigenvalue weighted by atomic mass is 10.0. The van der Waals surface area contributed by atoms with Crippen LogP contribution in [0.4, 0.5) is 10.5 Å². The molecule has 128 valence electrons. The summed E-state index contributed by atoms with van der Waals surface area (Å²) in [6, 6.07) is 8.48. The Bertz CT molecular complexity index is 506. The smallest absolute Gasteiger partial charge is 0.319 e. The number of nitrogens with zero attached hydrogens (tertiary/aromatic N) is 1. The summed E-state index contributed by atoms with van der Waals surface area (Å²) < 4.78 is 0. The van der Waals surface area contributed by atoms with E-state index in [4.69, 9.17) is 0 Å². The van der Waals surface area contributed by atoms with Gasteiger partial charge in [0.05, 0.1) is 0 Å². The first-order valence-electron chi connectivity index (χ1n) is 7.68. The van der Waals surface area contributed by atoms with E-state index in [1.54, 1.807) is 24.0 Å². The maximum atomic E-state index is 12.4. The Balaban J connectivity index is 0.00000264. The third-order valence-corrected chi connectivity index (χ3v) is 3.95. The molecule has 3 N–H and O–H groups in total. The first-order valence-corrected chi connectivity index (χ1v) is 7.68. The normalized spacial score (nSPS) is 15.9. The molecule has 0 radical (unpaired) electrons. The van der Waals surface area contributed by atoms with Crippen LogP contribution in [0, 0.1) is 0 Å². The van der Waals surface area contributed by atoms with Crippen molar-refractivity contribution in [3.8, 4) is 0 Å². The summed E-state index contributed by atoms with van der Waals surface area (Å²) in [5, 5.41) is 8.69. The highest BCUT2D eigenvalue weighted by atomic mass is 35.5. The molecule has 1 fully saturated rings. The van der Waals surface area contributed by atoms with E-state index in [1.807, 2.05) is 25.2 Å². The minimum atomic E-state index is -0.552. The van der Waals surface area contributed by atoms with Crippen LogP contribution in [0.15, 0.2) is 30.3 Å². The number of halogens is 1. The van der Waals surface area contributed by atoms with Gasteiger partial charge >= 0.3 is 6.03 Å². The summed E-state index contributed by atoms with van der Waals surface area (Å²) in [7, 11) is 1.81. The molecule has 3 amide bonds. The fraction of sp³-hybridized carbons (Fsp3) is 0.500. The summed E-state index contributed by atoms with van der Waals surface area (Å²) in [6.45, 7) is 3.57. The average Bonchev–Trinajstić information content (AvgIpc) is 2.55. The molecule has 1 unspecified atom stereocenters. The van der Waals surface area contributed by atoms with Crippen LogP contribution in [0.1, 0.15) is 19.8 Å². The van der Waals surface area contributed by atoms with E-state index >= 15 is 0 Å². The lowest BCUT2D eigenvalue weighted by Gasteiger charge is -2.33. The standard InChI is InChI=1S/C16H24N4O2.ClH/c1-12(15(21)20(2)14-8-10-17-11-9-14)18-16(22)19-13-6-4-3-5-7-13;/h3-7,12,14,17H,8-11H2,1-2H3,(H2,18,19,22);1H. The number of likely N-dealkylation sites (N-methyl/N-ethyl adjacent to an activating group) is 1. The molecule has 6 nitrogen and oxygen atoms in total. The van der Waals surface area contributed by atoms with Crippen LogP contribution >= 0.6 is 12.4 Å². The minimum Gasteiger partial charge on any atom is -0.341 e. The Morgan fingerprint density at radius 3 is 2.43 bits per heavy atom. The van der Waals surface area contributed by atoms with Crippen LogP contribution in [-0.2, 0) is 4.79 Å². The van der Waals surface area contributed by atoms with Gasteiger partial charge in [-0.3, -0.25) is 4.79 Å². The Hall–Kier alpha value is -1.79. The summed E-state index contributed by atoms with van der Waals surface area (Å²) in [6.07, 6.45) is 1.90. The van der Waals surface area contributed by atoms with E-state index in [2.05, 4.69) is 16.0 Å². The molecule has 1 saturated heterocycles. The van der Waals surface area contributed by atoms with Gasteiger partial charge in [-0.05, 0) is 45.0 Å². The van der Waals surface area contributed by atoms with E-state index in [9.17, 15) is 9.59 Å². The lowest BCUT2D eigenvalue weighted by molar-refractivity contribution is -0.134. The Morgan fingerprint density at radius 2 is 1.83 bits per heavy atom. The third-order valence-electron chi connectivity index (χ3n) is 3.95. The van der Waals surface area contributed by atoms with Crippen molar-refractivity contribution in [2.75, 3.05) is 25.5 Å². The molecule has 1 heterocycles. The molecule has 23 heavy (non-hydrogen) atoms. The molecule has 1 atom stereocenters. The van der Waals surface area contributed by atoms with Crippen molar-refractivity contribution in [2.45, 2.75) is 31.8 Å². The molecule has 0 spiro atoms. The van der Waals surface area contributed by atoms with E-state index < -0.39 is 6.04 Å². The second-order valence-corrected chi connectivity index (χ2v) is 5.62. The predicted molar refractivity (Wildman–Crippen MR) is 94.0 cm³/mol. The predicted octanol–water partition coefficient (Wildman–Crippen LogP) is 1.83. The molecule has 7 heteroatoms. The largest absolute Gasteiger partial charge is 0.341 e. The van der Waals surface area contributed by atoms with Gasteiger partial charge in [-0.25, -0.2) is 4.79 Å². The van der Waals surface area contributed by atoms with Crippen molar-refractivity contribution < 1.29 is 9.59 Å². The molecule has 0 saturated carbocycles. The topological polar surface area (TPSA) is 73.5 Å². The fourth-order valence-corrected chi connectivity index (χ4v) is 2.63. The number of amides is 3. The molecule has 2 rings (SSSR count). The molecular formula is C16H25ClN4O2. The van der Waals surface area contributed by atoms with Gasteiger partial charge in [0.2, 0.25) is 5.91 Å². The summed E-state index contributed by atoms with van der Waals surface area (Å²) in [5.74, 6) is -0.0601. The highest BCUT2D eigenvalue weighted by Crippen LogP contribution is 2.11. The number of anilines is 1. The van der Waals surface area contributed by atoms with Crippen LogP contribution in [-0.4, -0.2) is 49.1 Å². The zero-order valence-corrected chi connectivity index (χ0v) is 14.4. The number of rotatable bonds is 4. The second-order valence-electron chi connectivity index (χ2n) is 5.62. The van der Waals surface area contributed by atoms with E-state index in [0.29, 0.717) is 5.69 Å². The molecule has 1 aromatic rings. The molecule has 0 aliphatic carbocycles. The summed E-state index contributed by atoms with van der Waals surface area (Å²) in [4.78, 5) is 26.1. The van der Waals surface area contributed by atoms with Crippen molar-refractivity contribution >= 4 is 30.0 Å². The number of hydrogen-bond acceptors (Lipinski definition) is 3. The zero-order valence-electron chi connectivity index (χ0n) is 13.5. The van der Waals surface area contributed by atoms with Crippen molar-refractivity contribution in [3.63, 3.8) is 0 Å². The van der Waals surface area contributed by atoms with Gasteiger partial charge in [0.15, 0.2) is 0 Å². The fourth-order valence-electron chi connectivity index (χ4n) is 2.63. The van der Waals surface area contributed by atoms with Gasteiger partial charge < -0.3 is 20.9 Å². The summed E-state index contributed by atoms with van der Waals surface area (Å²) >= 11 is 0. The van der Waals surface area contributed by atoms with Crippen LogP contribution < -0.4 is 16.0 Å². The molecular weight excluding hydrogens is 316 g/mol. The zero-order chi connectivity index (χ0) is 15.9. The molecule has 0 bridgehead atoms.